The number of rotatable bonds is 3. The zero-order valence-corrected chi connectivity index (χ0v) is 14.4. The summed E-state index contributed by atoms with van der Waals surface area (Å²) in [6.07, 6.45) is 0. The largest absolute Gasteiger partial charge is 0.349 e. The number of aryl methyl sites for hydroxylation is 1. The standard InChI is InChI=1S/C18H14ClN3OS/c1-11-5-4-6-12(9-11)21-18-14(10-20)16(23)22-17(24-18)13-7-2-3-8-15(13)19/h2-9,17,21H,1H3,(H,22,23). The third-order valence-electron chi connectivity index (χ3n) is 3.53. The molecule has 1 heterocycles. The van der Waals surface area contributed by atoms with E-state index in [1.807, 2.05) is 55.5 Å². The van der Waals surface area contributed by atoms with E-state index >= 15 is 0 Å². The van der Waals surface area contributed by atoms with Gasteiger partial charge >= 0.3 is 0 Å². The fourth-order valence-corrected chi connectivity index (χ4v) is 3.85. The van der Waals surface area contributed by atoms with Gasteiger partial charge in [0, 0.05) is 16.3 Å². The molecule has 120 valence electrons. The Hall–Kier alpha value is -2.42. The van der Waals surface area contributed by atoms with E-state index in [4.69, 9.17) is 11.6 Å². The van der Waals surface area contributed by atoms with Crippen LogP contribution in [0.1, 0.15) is 16.5 Å². The SMILES string of the molecule is Cc1cccc(NC2=C(C#N)C(=O)NC(c3ccccc3Cl)S2)c1. The van der Waals surface area contributed by atoms with Crippen LogP contribution in [0.3, 0.4) is 0 Å². The van der Waals surface area contributed by atoms with Crippen LogP contribution in [0.2, 0.25) is 5.02 Å². The molecule has 0 radical (unpaired) electrons. The summed E-state index contributed by atoms with van der Waals surface area (Å²) in [7, 11) is 0. The van der Waals surface area contributed by atoms with Gasteiger partial charge in [0.1, 0.15) is 17.0 Å². The van der Waals surface area contributed by atoms with Gasteiger partial charge in [-0.3, -0.25) is 4.79 Å². The smallest absolute Gasteiger partial charge is 0.265 e. The van der Waals surface area contributed by atoms with Crippen LogP contribution < -0.4 is 10.6 Å². The van der Waals surface area contributed by atoms with Crippen LogP contribution in [0.4, 0.5) is 5.69 Å². The number of anilines is 1. The van der Waals surface area contributed by atoms with Crippen molar-refractivity contribution in [1.29, 1.82) is 5.26 Å². The number of nitriles is 1. The van der Waals surface area contributed by atoms with E-state index in [2.05, 4.69) is 10.6 Å². The van der Waals surface area contributed by atoms with Gasteiger partial charge in [0.25, 0.3) is 5.91 Å². The average molecular weight is 356 g/mol. The summed E-state index contributed by atoms with van der Waals surface area (Å²) in [6, 6.07) is 17.1. The predicted octanol–water partition coefficient (Wildman–Crippen LogP) is 4.36. The maximum absolute atomic E-state index is 12.3. The summed E-state index contributed by atoms with van der Waals surface area (Å²) >= 11 is 7.60. The highest BCUT2D eigenvalue weighted by molar-refractivity contribution is 8.03. The van der Waals surface area contributed by atoms with Crippen molar-refractivity contribution in [2.45, 2.75) is 12.3 Å². The molecule has 6 heteroatoms. The number of halogens is 1. The molecule has 2 N–H and O–H groups in total. The van der Waals surface area contributed by atoms with Crippen LogP contribution in [0.5, 0.6) is 0 Å². The molecule has 24 heavy (non-hydrogen) atoms. The van der Waals surface area contributed by atoms with Gasteiger partial charge in [0.05, 0.1) is 5.03 Å². The molecule has 0 aliphatic carbocycles. The number of nitrogens with one attached hydrogen (secondary N) is 2. The Morgan fingerprint density at radius 3 is 2.75 bits per heavy atom. The summed E-state index contributed by atoms with van der Waals surface area (Å²) in [5.41, 5.74) is 2.80. The maximum atomic E-state index is 12.3. The number of thioether (sulfide) groups is 1. The molecule has 0 saturated carbocycles. The Bertz CT molecular complexity index is 873. The van der Waals surface area contributed by atoms with Crippen LogP contribution in [0.25, 0.3) is 0 Å². The second kappa shape index (κ2) is 7.00. The Kier molecular flexibility index (Phi) is 4.79. The number of hydrogen-bond acceptors (Lipinski definition) is 4. The molecule has 4 nitrogen and oxygen atoms in total. The van der Waals surface area contributed by atoms with Crippen LogP contribution in [-0.4, -0.2) is 5.91 Å². The molecular weight excluding hydrogens is 342 g/mol. The van der Waals surface area contributed by atoms with Crippen molar-refractivity contribution >= 4 is 35.0 Å². The molecule has 1 amide bonds. The second-order valence-electron chi connectivity index (χ2n) is 5.30. The highest BCUT2D eigenvalue weighted by Crippen LogP contribution is 2.40. The number of nitrogens with zero attached hydrogens (tertiary/aromatic N) is 1. The van der Waals surface area contributed by atoms with Gasteiger partial charge in [-0.05, 0) is 30.7 Å². The lowest BCUT2D eigenvalue weighted by molar-refractivity contribution is -0.117. The Labute approximate surface area is 149 Å². The van der Waals surface area contributed by atoms with Gasteiger partial charge in [-0.25, -0.2) is 0 Å². The van der Waals surface area contributed by atoms with E-state index < -0.39 is 5.91 Å². The number of hydrogen-bond donors (Lipinski definition) is 2. The zero-order valence-electron chi connectivity index (χ0n) is 12.8. The van der Waals surface area contributed by atoms with Gasteiger partial charge in [-0.1, -0.05) is 53.7 Å². The lowest BCUT2D eigenvalue weighted by Gasteiger charge is -2.26. The van der Waals surface area contributed by atoms with E-state index in [1.165, 1.54) is 11.8 Å². The van der Waals surface area contributed by atoms with E-state index in [0.29, 0.717) is 10.1 Å². The molecule has 0 fully saturated rings. The molecule has 2 aromatic rings. The summed E-state index contributed by atoms with van der Waals surface area (Å²) in [6.45, 7) is 1.98. The first kappa shape index (κ1) is 16.4. The van der Waals surface area contributed by atoms with Crippen molar-refractivity contribution in [2.75, 3.05) is 5.32 Å². The highest BCUT2D eigenvalue weighted by Gasteiger charge is 2.30. The van der Waals surface area contributed by atoms with Crippen LogP contribution >= 0.6 is 23.4 Å². The van der Waals surface area contributed by atoms with Crippen molar-refractivity contribution in [3.8, 4) is 6.07 Å². The van der Waals surface area contributed by atoms with Gasteiger partial charge in [0.2, 0.25) is 0 Å². The highest BCUT2D eigenvalue weighted by atomic mass is 35.5. The van der Waals surface area contributed by atoms with E-state index in [1.54, 1.807) is 6.07 Å². The quantitative estimate of drug-likeness (QED) is 0.858. The minimum atomic E-state index is -0.406. The lowest BCUT2D eigenvalue weighted by atomic mass is 10.2. The third kappa shape index (κ3) is 3.40. The van der Waals surface area contributed by atoms with E-state index in [-0.39, 0.29) is 10.9 Å². The van der Waals surface area contributed by atoms with Crippen molar-refractivity contribution in [3.63, 3.8) is 0 Å². The number of carbonyl (C=O) groups excluding carboxylic acids is 1. The van der Waals surface area contributed by atoms with Gasteiger partial charge in [-0.2, -0.15) is 5.26 Å². The lowest BCUT2D eigenvalue weighted by Crippen LogP contribution is -2.33. The van der Waals surface area contributed by atoms with Crippen LogP contribution in [0.15, 0.2) is 59.1 Å². The summed E-state index contributed by atoms with van der Waals surface area (Å²) in [5, 5.41) is 16.1. The molecule has 1 atom stereocenters. The van der Waals surface area contributed by atoms with Crippen LogP contribution in [-0.2, 0) is 4.79 Å². The molecule has 0 bridgehead atoms. The monoisotopic (exact) mass is 355 g/mol. The average Bonchev–Trinajstić information content (AvgIpc) is 2.55. The molecule has 2 aromatic carbocycles. The molecule has 3 rings (SSSR count). The molecule has 1 aliphatic heterocycles. The number of amides is 1. The summed E-state index contributed by atoms with van der Waals surface area (Å²) < 4.78 is 0. The molecular formula is C18H14ClN3OS. The zero-order chi connectivity index (χ0) is 17.1. The minimum absolute atomic E-state index is 0.0739. The molecule has 0 aromatic heterocycles. The number of benzene rings is 2. The predicted molar refractivity (Wildman–Crippen MR) is 97.4 cm³/mol. The van der Waals surface area contributed by atoms with Crippen LogP contribution in [0, 0.1) is 18.3 Å². The first-order valence-electron chi connectivity index (χ1n) is 7.28. The Balaban J connectivity index is 1.94. The Morgan fingerprint density at radius 1 is 1.25 bits per heavy atom. The second-order valence-corrected chi connectivity index (χ2v) is 6.83. The molecule has 0 spiro atoms. The van der Waals surface area contributed by atoms with Crippen molar-refractivity contribution < 1.29 is 4.79 Å². The fourth-order valence-electron chi connectivity index (χ4n) is 2.38. The third-order valence-corrected chi connectivity index (χ3v) is 5.02. The topological polar surface area (TPSA) is 64.9 Å². The fraction of sp³-hybridized carbons (Fsp3) is 0.111. The number of carbonyl (C=O) groups is 1. The van der Waals surface area contributed by atoms with Crippen molar-refractivity contribution in [1.82, 2.24) is 5.32 Å². The normalized spacial score (nSPS) is 17.2. The first-order chi connectivity index (χ1) is 11.6. The summed E-state index contributed by atoms with van der Waals surface area (Å²) in [4.78, 5) is 12.3. The molecule has 0 saturated heterocycles. The van der Waals surface area contributed by atoms with Crippen molar-refractivity contribution in [3.05, 3.63) is 75.3 Å². The first-order valence-corrected chi connectivity index (χ1v) is 8.54. The van der Waals surface area contributed by atoms with Gasteiger partial charge in [0.15, 0.2) is 0 Å². The summed E-state index contributed by atoms with van der Waals surface area (Å²) in [5.74, 6) is -0.406. The minimum Gasteiger partial charge on any atom is -0.349 e. The van der Waals surface area contributed by atoms with Gasteiger partial charge in [-0.15, -0.1) is 0 Å². The Morgan fingerprint density at radius 2 is 2.04 bits per heavy atom. The molecule has 1 unspecified atom stereocenters. The van der Waals surface area contributed by atoms with E-state index in [9.17, 15) is 10.1 Å². The maximum Gasteiger partial charge on any atom is 0.265 e. The van der Waals surface area contributed by atoms with Crippen molar-refractivity contribution in [2.24, 2.45) is 0 Å². The van der Waals surface area contributed by atoms with Gasteiger partial charge < -0.3 is 10.6 Å². The van der Waals surface area contributed by atoms with E-state index in [0.717, 1.165) is 16.8 Å². The molecule has 1 aliphatic rings.